The van der Waals surface area contributed by atoms with E-state index in [2.05, 4.69) is 10.4 Å². The number of nitrogens with one attached hydrogen (secondary N) is 1. The van der Waals surface area contributed by atoms with Crippen molar-refractivity contribution >= 4 is 11.7 Å². The highest BCUT2D eigenvalue weighted by Crippen LogP contribution is 2.15. The Morgan fingerprint density at radius 2 is 2.16 bits per heavy atom. The Labute approximate surface area is 111 Å². The number of aryl methyl sites for hydroxylation is 3. The van der Waals surface area contributed by atoms with Crippen molar-refractivity contribution in [1.29, 1.82) is 5.26 Å². The lowest BCUT2D eigenvalue weighted by Gasteiger charge is -2.06. The Balaban J connectivity index is 2.28. The SMILES string of the molecule is Cc1ccc(C(=O)Nc2nn(C)cc2C#N)c(C)c1. The van der Waals surface area contributed by atoms with Gasteiger partial charge in [-0.25, -0.2) is 0 Å². The first kappa shape index (κ1) is 12.8. The van der Waals surface area contributed by atoms with Crippen molar-refractivity contribution in [3.05, 3.63) is 46.6 Å². The Hall–Kier alpha value is -2.61. The maximum Gasteiger partial charge on any atom is 0.257 e. The fourth-order valence-electron chi connectivity index (χ4n) is 1.91. The molecule has 5 nitrogen and oxygen atoms in total. The molecule has 0 spiro atoms. The van der Waals surface area contributed by atoms with Crippen LogP contribution in [0.5, 0.6) is 0 Å². The van der Waals surface area contributed by atoms with Crippen LogP contribution in [-0.2, 0) is 7.05 Å². The average Bonchev–Trinajstić information content (AvgIpc) is 2.69. The number of hydrogen-bond donors (Lipinski definition) is 1. The Morgan fingerprint density at radius 3 is 2.79 bits per heavy atom. The van der Waals surface area contributed by atoms with Gasteiger partial charge >= 0.3 is 0 Å². The number of hydrogen-bond acceptors (Lipinski definition) is 3. The largest absolute Gasteiger partial charge is 0.304 e. The molecule has 19 heavy (non-hydrogen) atoms. The molecule has 1 N–H and O–H groups in total. The van der Waals surface area contributed by atoms with Crippen LogP contribution in [0.2, 0.25) is 0 Å². The molecular weight excluding hydrogens is 240 g/mol. The van der Waals surface area contributed by atoms with E-state index in [0.717, 1.165) is 11.1 Å². The highest BCUT2D eigenvalue weighted by molar-refractivity contribution is 6.05. The molecule has 0 unspecified atom stereocenters. The number of anilines is 1. The summed E-state index contributed by atoms with van der Waals surface area (Å²) in [5, 5.41) is 15.7. The summed E-state index contributed by atoms with van der Waals surface area (Å²) in [4.78, 5) is 12.2. The van der Waals surface area contributed by atoms with Crippen molar-refractivity contribution in [3.8, 4) is 6.07 Å². The smallest absolute Gasteiger partial charge is 0.257 e. The number of rotatable bonds is 2. The van der Waals surface area contributed by atoms with Crippen LogP contribution >= 0.6 is 0 Å². The highest BCUT2D eigenvalue weighted by Gasteiger charge is 2.14. The molecule has 0 radical (unpaired) electrons. The lowest BCUT2D eigenvalue weighted by molar-refractivity contribution is 0.102. The van der Waals surface area contributed by atoms with Gasteiger partial charge in [-0.3, -0.25) is 9.48 Å². The molecule has 2 rings (SSSR count). The van der Waals surface area contributed by atoms with E-state index >= 15 is 0 Å². The highest BCUT2D eigenvalue weighted by atomic mass is 16.1. The second kappa shape index (κ2) is 4.94. The molecule has 0 bridgehead atoms. The van der Waals surface area contributed by atoms with E-state index in [9.17, 15) is 4.79 Å². The molecule has 0 saturated heterocycles. The Morgan fingerprint density at radius 1 is 1.42 bits per heavy atom. The maximum absolute atomic E-state index is 12.2. The third-order valence-electron chi connectivity index (χ3n) is 2.81. The molecule has 0 saturated carbocycles. The minimum absolute atomic E-state index is 0.257. The van der Waals surface area contributed by atoms with Crippen LogP contribution in [0.4, 0.5) is 5.82 Å². The molecule has 1 heterocycles. The summed E-state index contributed by atoms with van der Waals surface area (Å²) in [6, 6.07) is 7.60. The predicted molar refractivity (Wildman–Crippen MR) is 71.8 cm³/mol. The second-order valence-electron chi connectivity index (χ2n) is 4.45. The minimum atomic E-state index is -0.257. The zero-order valence-electron chi connectivity index (χ0n) is 11.1. The van der Waals surface area contributed by atoms with Gasteiger partial charge in [0.05, 0.1) is 0 Å². The Kier molecular flexibility index (Phi) is 3.34. The van der Waals surface area contributed by atoms with E-state index in [1.165, 1.54) is 4.68 Å². The van der Waals surface area contributed by atoms with Crippen LogP contribution in [0.1, 0.15) is 27.0 Å². The fraction of sp³-hybridized carbons (Fsp3) is 0.214. The van der Waals surface area contributed by atoms with Gasteiger partial charge in [0, 0.05) is 18.8 Å². The molecule has 1 amide bonds. The molecule has 0 fully saturated rings. The molecule has 0 aliphatic rings. The van der Waals surface area contributed by atoms with E-state index < -0.39 is 0 Å². The molecule has 0 aliphatic carbocycles. The van der Waals surface area contributed by atoms with Crippen molar-refractivity contribution in [3.63, 3.8) is 0 Å². The summed E-state index contributed by atoms with van der Waals surface area (Å²) in [6.45, 7) is 3.85. The first-order valence-corrected chi connectivity index (χ1v) is 5.83. The molecule has 0 aliphatic heterocycles. The summed E-state index contributed by atoms with van der Waals surface area (Å²) in [7, 11) is 1.70. The standard InChI is InChI=1S/C14H14N4O/c1-9-4-5-12(10(2)6-9)14(19)16-13-11(7-15)8-18(3)17-13/h4-6,8H,1-3H3,(H,16,17,19). The molecule has 5 heteroatoms. The number of nitrogens with zero attached hydrogens (tertiary/aromatic N) is 3. The predicted octanol–water partition coefficient (Wildman–Crippen LogP) is 2.16. The van der Waals surface area contributed by atoms with Crippen molar-refractivity contribution < 1.29 is 4.79 Å². The quantitative estimate of drug-likeness (QED) is 0.892. The summed E-state index contributed by atoms with van der Waals surface area (Å²) in [6.07, 6.45) is 1.57. The van der Waals surface area contributed by atoms with Gasteiger partial charge in [0.1, 0.15) is 11.6 Å². The van der Waals surface area contributed by atoms with Crippen molar-refractivity contribution in [1.82, 2.24) is 9.78 Å². The second-order valence-corrected chi connectivity index (χ2v) is 4.45. The third-order valence-corrected chi connectivity index (χ3v) is 2.81. The molecule has 2 aromatic rings. The van der Waals surface area contributed by atoms with Gasteiger partial charge < -0.3 is 5.32 Å². The topological polar surface area (TPSA) is 70.7 Å². The van der Waals surface area contributed by atoms with E-state index in [1.54, 1.807) is 19.3 Å². The van der Waals surface area contributed by atoms with Gasteiger partial charge in [0.15, 0.2) is 5.82 Å². The lowest BCUT2D eigenvalue weighted by atomic mass is 10.1. The fourth-order valence-corrected chi connectivity index (χ4v) is 1.91. The molecule has 96 valence electrons. The lowest BCUT2D eigenvalue weighted by Crippen LogP contribution is -2.14. The van der Waals surface area contributed by atoms with E-state index in [4.69, 9.17) is 5.26 Å². The van der Waals surface area contributed by atoms with Crippen LogP contribution in [0, 0.1) is 25.2 Å². The number of aromatic nitrogens is 2. The maximum atomic E-state index is 12.2. The number of nitriles is 1. The molecule has 1 aromatic heterocycles. The number of amides is 1. The number of carbonyl (C=O) groups excluding carboxylic acids is 1. The number of carbonyl (C=O) groups is 1. The van der Waals surface area contributed by atoms with Crippen LogP contribution in [-0.4, -0.2) is 15.7 Å². The average molecular weight is 254 g/mol. The number of benzene rings is 1. The van der Waals surface area contributed by atoms with Crippen LogP contribution < -0.4 is 5.32 Å². The van der Waals surface area contributed by atoms with E-state index in [-0.39, 0.29) is 11.7 Å². The van der Waals surface area contributed by atoms with Gasteiger partial charge in [0.25, 0.3) is 5.91 Å². The van der Waals surface area contributed by atoms with Crippen molar-refractivity contribution in [2.24, 2.45) is 7.05 Å². The molecule has 0 atom stereocenters. The van der Waals surface area contributed by atoms with Gasteiger partial charge in [-0.1, -0.05) is 17.7 Å². The Bertz CT molecular complexity index is 679. The molecule has 1 aromatic carbocycles. The van der Waals surface area contributed by atoms with Crippen LogP contribution in [0.3, 0.4) is 0 Å². The third kappa shape index (κ3) is 2.63. The van der Waals surface area contributed by atoms with Crippen molar-refractivity contribution in [2.75, 3.05) is 5.32 Å². The minimum Gasteiger partial charge on any atom is -0.304 e. The monoisotopic (exact) mass is 254 g/mol. The summed E-state index contributed by atoms with van der Waals surface area (Å²) >= 11 is 0. The normalized spacial score (nSPS) is 10.0. The van der Waals surface area contributed by atoms with Gasteiger partial charge in [-0.15, -0.1) is 0 Å². The van der Waals surface area contributed by atoms with Gasteiger partial charge in [-0.05, 0) is 25.5 Å². The summed E-state index contributed by atoms with van der Waals surface area (Å²) in [5.41, 5.74) is 2.93. The molecular formula is C14H14N4O. The van der Waals surface area contributed by atoms with Crippen LogP contribution in [0.25, 0.3) is 0 Å². The van der Waals surface area contributed by atoms with Crippen LogP contribution in [0.15, 0.2) is 24.4 Å². The zero-order chi connectivity index (χ0) is 14.0. The van der Waals surface area contributed by atoms with Gasteiger partial charge in [0.2, 0.25) is 0 Å². The van der Waals surface area contributed by atoms with E-state index in [0.29, 0.717) is 11.1 Å². The first-order chi connectivity index (χ1) is 9.01. The van der Waals surface area contributed by atoms with Crippen molar-refractivity contribution in [2.45, 2.75) is 13.8 Å². The summed E-state index contributed by atoms with van der Waals surface area (Å²) in [5.74, 6) is 0.0303. The van der Waals surface area contributed by atoms with E-state index in [1.807, 2.05) is 32.0 Å². The summed E-state index contributed by atoms with van der Waals surface area (Å²) < 4.78 is 1.50. The zero-order valence-corrected chi connectivity index (χ0v) is 11.1. The first-order valence-electron chi connectivity index (χ1n) is 5.83. The van der Waals surface area contributed by atoms with Gasteiger partial charge in [-0.2, -0.15) is 10.4 Å².